The maximum atomic E-state index is 13.1. The van der Waals surface area contributed by atoms with Crippen LogP contribution in [0.3, 0.4) is 0 Å². The van der Waals surface area contributed by atoms with Crippen LogP contribution in [0.5, 0.6) is 0 Å². The summed E-state index contributed by atoms with van der Waals surface area (Å²) in [7, 11) is 0. The lowest BCUT2D eigenvalue weighted by molar-refractivity contribution is 0.623. The number of imidazole rings is 1. The first-order valence-electron chi connectivity index (χ1n) is 5.84. The van der Waals surface area contributed by atoms with Gasteiger partial charge in [0.1, 0.15) is 5.82 Å². The number of allylic oxidation sites excluding steroid dienone is 1. The fourth-order valence-corrected chi connectivity index (χ4v) is 1.79. The number of hydrogen-bond acceptors (Lipinski definition) is 2. The second-order valence-electron chi connectivity index (χ2n) is 4.11. The van der Waals surface area contributed by atoms with Crippen LogP contribution in [0.25, 0.3) is 0 Å². The molecule has 94 valence electrons. The van der Waals surface area contributed by atoms with E-state index in [2.05, 4.69) is 16.9 Å². The van der Waals surface area contributed by atoms with Gasteiger partial charge in [0.2, 0.25) is 5.95 Å². The van der Waals surface area contributed by atoms with E-state index in [4.69, 9.17) is 0 Å². The molecule has 0 spiro atoms. The van der Waals surface area contributed by atoms with Gasteiger partial charge in [0.15, 0.2) is 0 Å². The lowest BCUT2D eigenvalue weighted by atomic mass is 10.1. The minimum atomic E-state index is -0.226. The number of halogens is 1. The lowest BCUT2D eigenvalue weighted by Gasteiger charge is -2.15. The van der Waals surface area contributed by atoms with Gasteiger partial charge in [0.05, 0.1) is 6.04 Å². The van der Waals surface area contributed by atoms with Crippen LogP contribution < -0.4 is 5.32 Å². The van der Waals surface area contributed by atoms with Crippen LogP contribution in [0.1, 0.15) is 18.5 Å². The molecule has 0 fully saturated rings. The average molecular weight is 245 g/mol. The highest BCUT2D eigenvalue weighted by Crippen LogP contribution is 2.18. The summed E-state index contributed by atoms with van der Waals surface area (Å²) in [4.78, 5) is 4.23. The summed E-state index contributed by atoms with van der Waals surface area (Å²) in [6, 6.07) is 6.56. The largest absolute Gasteiger partial charge is 0.349 e. The first-order valence-corrected chi connectivity index (χ1v) is 5.84. The van der Waals surface area contributed by atoms with E-state index in [1.54, 1.807) is 18.3 Å². The van der Waals surface area contributed by atoms with Crippen molar-refractivity contribution >= 4 is 5.95 Å². The molecule has 1 heterocycles. The van der Waals surface area contributed by atoms with E-state index in [-0.39, 0.29) is 11.9 Å². The Morgan fingerprint density at radius 3 is 3.11 bits per heavy atom. The van der Waals surface area contributed by atoms with Crippen molar-refractivity contribution in [3.05, 3.63) is 60.7 Å². The molecule has 0 aliphatic carbocycles. The smallest absolute Gasteiger partial charge is 0.203 e. The highest BCUT2D eigenvalue weighted by molar-refractivity contribution is 5.33. The normalized spacial score (nSPS) is 12.1. The van der Waals surface area contributed by atoms with Gasteiger partial charge >= 0.3 is 0 Å². The molecule has 0 aliphatic rings. The van der Waals surface area contributed by atoms with E-state index in [1.165, 1.54) is 12.1 Å². The van der Waals surface area contributed by atoms with Gasteiger partial charge in [-0.2, -0.15) is 0 Å². The molecule has 0 saturated carbocycles. The lowest BCUT2D eigenvalue weighted by Crippen LogP contribution is -2.11. The van der Waals surface area contributed by atoms with E-state index in [0.717, 1.165) is 11.5 Å². The minimum Gasteiger partial charge on any atom is -0.349 e. The van der Waals surface area contributed by atoms with E-state index in [1.807, 2.05) is 23.8 Å². The Kier molecular flexibility index (Phi) is 3.77. The second-order valence-corrected chi connectivity index (χ2v) is 4.11. The fraction of sp³-hybridized carbons (Fsp3) is 0.214. The zero-order valence-electron chi connectivity index (χ0n) is 10.3. The minimum absolute atomic E-state index is 0.00772. The number of benzene rings is 1. The third kappa shape index (κ3) is 2.77. The van der Waals surface area contributed by atoms with Crippen molar-refractivity contribution in [3.63, 3.8) is 0 Å². The van der Waals surface area contributed by atoms with E-state index < -0.39 is 0 Å². The number of nitrogens with one attached hydrogen (secondary N) is 1. The van der Waals surface area contributed by atoms with Crippen molar-refractivity contribution in [1.82, 2.24) is 9.55 Å². The predicted molar refractivity (Wildman–Crippen MR) is 70.9 cm³/mol. The molecule has 0 saturated heterocycles. The molecular weight excluding hydrogens is 229 g/mol. The molecular formula is C14H16FN3. The maximum absolute atomic E-state index is 13.1. The Balaban J connectivity index is 2.13. The molecule has 0 bridgehead atoms. The van der Waals surface area contributed by atoms with Gasteiger partial charge in [-0.1, -0.05) is 18.2 Å². The molecule has 2 aromatic rings. The number of rotatable bonds is 5. The summed E-state index contributed by atoms with van der Waals surface area (Å²) < 4.78 is 15.1. The van der Waals surface area contributed by atoms with Crippen LogP contribution in [-0.4, -0.2) is 9.55 Å². The summed E-state index contributed by atoms with van der Waals surface area (Å²) in [6.45, 7) is 6.37. The molecule has 0 aliphatic heterocycles. The monoisotopic (exact) mass is 245 g/mol. The SMILES string of the molecule is C=CCn1ccnc1NC(C)c1cccc(F)c1. The van der Waals surface area contributed by atoms with Gasteiger partial charge in [0.25, 0.3) is 0 Å². The molecule has 1 aromatic heterocycles. The van der Waals surface area contributed by atoms with Crippen LogP contribution >= 0.6 is 0 Å². The Bertz CT molecular complexity index is 533. The third-order valence-electron chi connectivity index (χ3n) is 2.74. The van der Waals surface area contributed by atoms with Crippen molar-refractivity contribution in [3.8, 4) is 0 Å². The van der Waals surface area contributed by atoms with Crippen molar-refractivity contribution < 1.29 is 4.39 Å². The maximum Gasteiger partial charge on any atom is 0.203 e. The first-order chi connectivity index (χ1) is 8.70. The standard InChI is InChI=1S/C14H16FN3/c1-3-8-18-9-7-16-14(18)17-11(2)12-5-4-6-13(15)10-12/h3-7,9-11H,1,8H2,2H3,(H,16,17). The molecule has 18 heavy (non-hydrogen) atoms. The summed E-state index contributed by atoms with van der Waals surface area (Å²) in [5.41, 5.74) is 0.892. The number of anilines is 1. The van der Waals surface area contributed by atoms with Crippen molar-refractivity contribution in [2.24, 2.45) is 0 Å². The predicted octanol–water partition coefficient (Wildman–Crippen LogP) is 3.38. The number of aromatic nitrogens is 2. The van der Waals surface area contributed by atoms with Gasteiger partial charge in [-0.25, -0.2) is 9.37 Å². The summed E-state index contributed by atoms with van der Waals surface area (Å²) in [5, 5.41) is 3.26. The number of hydrogen-bond donors (Lipinski definition) is 1. The molecule has 4 heteroatoms. The molecule has 1 atom stereocenters. The van der Waals surface area contributed by atoms with Crippen LogP contribution in [0.15, 0.2) is 49.3 Å². The zero-order chi connectivity index (χ0) is 13.0. The molecule has 1 N–H and O–H groups in total. The van der Waals surface area contributed by atoms with E-state index in [0.29, 0.717) is 6.54 Å². The zero-order valence-corrected chi connectivity index (χ0v) is 10.3. The van der Waals surface area contributed by atoms with Crippen LogP contribution in [-0.2, 0) is 6.54 Å². The molecule has 0 radical (unpaired) electrons. The van der Waals surface area contributed by atoms with E-state index >= 15 is 0 Å². The third-order valence-corrected chi connectivity index (χ3v) is 2.74. The Morgan fingerprint density at radius 1 is 1.56 bits per heavy atom. The van der Waals surface area contributed by atoms with Crippen LogP contribution in [0.2, 0.25) is 0 Å². The summed E-state index contributed by atoms with van der Waals surface area (Å²) in [5.74, 6) is 0.530. The quantitative estimate of drug-likeness (QED) is 0.818. The van der Waals surface area contributed by atoms with Crippen molar-refractivity contribution in [2.45, 2.75) is 19.5 Å². The molecule has 2 rings (SSSR count). The summed E-state index contributed by atoms with van der Waals surface area (Å²) >= 11 is 0. The fourth-order valence-electron chi connectivity index (χ4n) is 1.79. The van der Waals surface area contributed by atoms with Gasteiger partial charge in [-0.15, -0.1) is 6.58 Å². The molecule has 3 nitrogen and oxygen atoms in total. The van der Waals surface area contributed by atoms with E-state index in [9.17, 15) is 4.39 Å². The Labute approximate surface area is 106 Å². The Hall–Kier alpha value is -2.10. The first kappa shape index (κ1) is 12.4. The van der Waals surface area contributed by atoms with Gasteiger partial charge in [-0.05, 0) is 24.6 Å². The molecule has 0 amide bonds. The van der Waals surface area contributed by atoms with Gasteiger partial charge in [-0.3, -0.25) is 0 Å². The summed E-state index contributed by atoms with van der Waals surface area (Å²) in [6.07, 6.45) is 5.41. The highest BCUT2D eigenvalue weighted by Gasteiger charge is 2.09. The second kappa shape index (κ2) is 5.49. The van der Waals surface area contributed by atoms with Crippen LogP contribution in [0.4, 0.5) is 10.3 Å². The van der Waals surface area contributed by atoms with Crippen molar-refractivity contribution in [1.29, 1.82) is 0 Å². The highest BCUT2D eigenvalue weighted by atomic mass is 19.1. The molecule has 1 unspecified atom stereocenters. The van der Waals surface area contributed by atoms with Gasteiger partial charge < -0.3 is 9.88 Å². The number of nitrogens with zero attached hydrogens (tertiary/aromatic N) is 2. The average Bonchev–Trinajstić information content (AvgIpc) is 2.77. The topological polar surface area (TPSA) is 29.9 Å². The van der Waals surface area contributed by atoms with Crippen LogP contribution in [0, 0.1) is 5.82 Å². The Morgan fingerprint density at radius 2 is 2.39 bits per heavy atom. The molecule has 1 aromatic carbocycles. The van der Waals surface area contributed by atoms with Crippen molar-refractivity contribution in [2.75, 3.05) is 5.32 Å². The van der Waals surface area contributed by atoms with Gasteiger partial charge in [0, 0.05) is 18.9 Å².